The van der Waals surface area contributed by atoms with Crippen molar-refractivity contribution in [1.82, 2.24) is 10.3 Å². The van der Waals surface area contributed by atoms with Crippen molar-refractivity contribution >= 4 is 11.7 Å². The molecule has 0 bridgehead atoms. The van der Waals surface area contributed by atoms with Crippen LogP contribution in [0.25, 0.3) is 0 Å². The molecule has 1 saturated heterocycles. The van der Waals surface area contributed by atoms with Crippen LogP contribution in [0.3, 0.4) is 0 Å². The molecular weight excluding hydrogens is 280 g/mol. The van der Waals surface area contributed by atoms with E-state index in [0.29, 0.717) is 17.8 Å². The number of rotatable bonds is 5. The zero-order valence-electron chi connectivity index (χ0n) is 12.9. The SMILES string of the molecule is O=C(NC[C@@H]1CCCO1)c1cc(C(=O)C2CCCCC2)c[nH]1. The van der Waals surface area contributed by atoms with Gasteiger partial charge in [-0.05, 0) is 31.7 Å². The van der Waals surface area contributed by atoms with Crippen molar-refractivity contribution in [1.29, 1.82) is 0 Å². The van der Waals surface area contributed by atoms with Crippen LogP contribution in [0.1, 0.15) is 65.8 Å². The molecule has 22 heavy (non-hydrogen) atoms. The largest absolute Gasteiger partial charge is 0.376 e. The van der Waals surface area contributed by atoms with E-state index in [0.717, 1.165) is 45.1 Å². The van der Waals surface area contributed by atoms with E-state index >= 15 is 0 Å². The molecule has 2 aliphatic rings. The summed E-state index contributed by atoms with van der Waals surface area (Å²) >= 11 is 0. The molecule has 1 aromatic heterocycles. The van der Waals surface area contributed by atoms with E-state index in [9.17, 15) is 9.59 Å². The van der Waals surface area contributed by atoms with E-state index in [2.05, 4.69) is 10.3 Å². The molecule has 1 saturated carbocycles. The van der Waals surface area contributed by atoms with E-state index in [4.69, 9.17) is 4.74 Å². The first-order chi connectivity index (χ1) is 10.7. The molecule has 3 rings (SSSR count). The standard InChI is InChI=1S/C17H24N2O3/c20-16(12-5-2-1-3-6-12)13-9-15(18-10-13)17(21)19-11-14-7-4-8-22-14/h9-10,12,14,18H,1-8,11H2,(H,19,21)/t14-/m0/s1. The van der Waals surface area contributed by atoms with Crippen molar-refractivity contribution in [2.45, 2.75) is 51.0 Å². The second kappa shape index (κ2) is 7.09. The highest BCUT2D eigenvalue weighted by Gasteiger charge is 2.24. The zero-order valence-corrected chi connectivity index (χ0v) is 12.9. The Labute approximate surface area is 130 Å². The van der Waals surface area contributed by atoms with Crippen LogP contribution in [0, 0.1) is 5.92 Å². The smallest absolute Gasteiger partial charge is 0.267 e. The summed E-state index contributed by atoms with van der Waals surface area (Å²) < 4.78 is 5.48. The number of carbonyl (C=O) groups is 2. The van der Waals surface area contributed by atoms with E-state index in [1.165, 1.54) is 6.42 Å². The second-order valence-electron chi connectivity index (χ2n) is 6.35. The van der Waals surface area contributed by atoms with Gasteiger partial charge in [-0.2, -0.15) is 0 Å². The fourth-order valence-corrected chi connectivity index (χ4v) is 3.38. The van der Waals surface area contributed by atoms with Crippen LogP contribution in [-0.4, -0.2) is 35.9 Å². The lowest BCUT2D eigenvalue weighted by molar-refractivity contribution is 0.0854. The van der Waals surface area contributed by atoms with E-state index < -0.39 is 0 Å². The Balaban J connectivity index is 1.55. The molecular formula is C17H24N2O3. The summed E-state index contributed by atoms with van der Waals surface area (Å²) in [6.07, 6.45) is 9.30. The maximum Gasteiger partial charge on any atom is 0.267 e. The third kappa shape index (κ3) is 3.58. The highest BCUT2D eigenvalue weighted by molar-refractivity contribution is 6.01. The number of hydrogen-bond acceptors (Lipinski definition) is 3. The molecule has 0 aromatic carbocycles. The summed E-state index contributed by atoms with van der Waals surface area (Å²) in [6.45, 7) is 1.31. The number of H-pyrrole nitrogens is 1. The Morgan fingerprint density at radius 1 is 1.18 bits per heavy atom. The Hall–Kier alpha value is -1.62. The van der Waals surface area contributed by atoms with Gasteiger partial charge in [-0.15, -0.1) is 0 Å². The molecule has 2 heterocycles. The lowest BCUT2D eigenvalue weighted by atomic mass is 9.84. The summed E-state index contributed by atoms with van der Waals surface area (Å²) in [5.74, 6) is 0.139. The molecule has 2 fully saturated rings. The third-order valence-electron chi connectivity index (χ3n) is 4.70. The summed E-state index contributed by atoms with van der Waals surface area (Å²) in [4.78, 5) is 27.5. The molecule has 1 aliphatic heterocycles. The average molecular weight is 304 g/mol. The number of aromatic nitrogens is 1. The first-order valence-electron chi connectivity index (χ1n) is 8.36. The molecule has 1 aromatic rings. The van der Waals surface area contributed by atoms with Crippen LogP contribution in [0.2, 0.25) is 0 Å². The number of carbonyl (C=O) groups excluding carboxylic acids is 2. The van der Waals surface area contributed by atoms with Gasteiger partial charge in [-0.25, -0.2) is 0 Å². The summed E-state index contributed by atoms with van der Waals surface area (Å²) in [7, 11) is 0. The molecule has 5 heteroatoms. The molecule has 5 nitrogen and oxygen atoms in total. The molecule has 1 aliphatic carbocycles. The van der Waals surface area contributed by atoms with Crippen LogP contribution in [-0.2, 0) is 4.74 Å². The summed E-state index contributed by atoms with van der Waals surface area (Å²) in [5.41, 5.74) is 1.09. The first kappa shape index (κ1) is 15.3. The van der Waals surface area contributed by atoms with Gasteiger partial charge in [0.15, 0.2) is 5.78 Å². The number of hydrogen-bond donors (Lipinski definition) is 2. The van der Waals surface area contributed by atoms with Crippen molar-refractivity contribution in [2.24, 2.45) is 5.92 Å². The Morgan fingerprint density at radius 2 is 2.00 bits per heavy atom. The Kier molecular flexibility index (Phi) is 4.93. The van der Waals surface area contributed by atoms with Gasteiger partial charge >= 0.3 is 0 Å². The highest BCUT2D eigenvalue weighted by Crippen LogP contribution is 2.27. The van der Waals surface area contributed by atoms with Gasteiger partial charge in [0.2, 0.25) is 0 Å². The number of Topliss-reactive ketones (excluding diaryl/α,β-unsaturated/α-hetero) is 1. The predicted molar refractivity (Wildman–Crippen MR) is 83.0 cm³/mol. The van der Waals surface area contributed by atoms with Crippen molar-refractivity contribution in [3.05, 3.63) is 23.5 Å². The van der Waals surface area contributed by atoms with Gasteiger partial charge < -0.3 is 15.0 Å². The Bertz CT molecular complexity index is 526. The van der Waals surface area contributed by atoms with Crippen molar-refractivity contribution in [3.8, 4) is 0 Å². The second-order valence-corrected chi connectivity index (χ2v) is 6.35. The minimum atomic E-state index is -0.168. The van der Waals surface area contributed by atoms with E-state index in [1.54, 1.807) is 12.3 Å². The van der Waals surface area contributed by atoms with Gasteiger partial charge in [0.25, 0.3) is 5.91 Å². The van der Waals surface area contributed by atoms with Crippen LogP contribution in [0.15, 0.2) is 12.3 Å². The normalized spacial score (nSPS) is 22.6. The van der Waals surface area contributed by atoms with Gasteiger partial charge in [-0.3, -0.25) is 9.59 Å². The van der Waals surface area contributed by atoms with Crippen molar-refractivity contribution in [2.75, 3.05) is 13.2 Å². The van der Waals surface area contributed by atoms with Crippen LogP contribution in [0.5, 0.6) is 0 Å². The summed E-state index contributed by atoms with van der Waals surface area (Å²) in [6, 6.07) is 1.68. The molecule has 2 N–H and O–H groups in total. The van der Waals surface area contributed by atoms with Crippen LogP contribution >= 0.6 is 0 Å². The lowest BCUT2D eigenvalue weighted by Gasteiger charge is -2.19. The fraction of sp³-hybridized carbons (Fsp3) is 0.647. The molecule has 120 valence electrons. The highest BCUT2D eigenvalue weighted by atomic mass is 16.5. The van der Waals surface area contributed by atoms with Crippen molar-refractivity contribution in [3.63, 3.8) is 0 Å². The number of ether oxygens (including phenoxy) is 1. The maximum atomic E-state index is 12.4. The molecule has 0 unspecified atom stereocenters. The quantitative estimate of drug-likeness (QED) is 0.822. The van der Waals surface area contributed by atoms with Gasteiger partial charge in [0.1, 0.15) is 5.69 Å². The van der Waals surface area contributed by atoms with Gasteiger partial charge in [0.05, 0.1) is 6.10 Å². The van der Waals surface area contributed by atoms with E-state index in [1.807, 2.05) is 0 Å². The number of aromatic amines is 1. The topological polar surface area (TPSA) is 71.2 Å². The molecule has 0 radical (unpaired) electrons. The lowest BCUT2D eigenvalue weighted by Crippen LogP contribution is -2.31. The predicted octanol–water partition coefficient (Wildman–Crippen LogP) is 2.69. The number of amides is 1. The van der Waals surface area contributed by atoms with Gasteiger partial charge in [0, 0.05) is 30.8 Å². The third-order valence-corrected chi connectivity index (χ3v) is 4.70. The van der Waals surface area contributed by atoms with Crippen LogP contribution in [0.4, 0.5) is 0 Å². The first-order valence-corrected chi connectivity index (χ1v) is 8.36. The zero-order chi connectivity index (χ0) is 15.4. The maximum absolute atomic E-state index is 12.4. The number of nitrogens with one attached hydrogen (secondary N) is 2. The molecule has 1 atom stereocenters. The van der Waals surface area contributed by atoms with Crippen molar-refractivity contribution < 1.29 is 14.3 Å². The molecule has 1 amide bonds. The van der Waals surface area contributed by atoms with E-state index in [-0.39, 0.29) is 23.7 Å². The summed E-state index contributed by atoms with van der Waals surface area (Å²) in [5, 5.41) is 2.87. The number of ketones is 1. The Morgan fingerprint density at radius 3 is 2.73 bits per heavy atom. The fourth-order valence-electron chi connectivity index (χ4n) is 3.38. The minimum absolute atomic E-state index is 0.127. The average Bonchev–Trinajstić information content (AvgIpc) is 3.24. The van der Waals surface area contributed by atoms with Crippen LogP contribution < -0.4 is 5.32 Å². The monoisotopic (exact) mass is 304 g/mol. The van der Waals surface area contributed by atoms with Gasteiger partial charge in [-0.1, -0.05) is 19.3 Å². The minimum Gasteiger partial charge on any atom is -0.376 e. The molecule has 0 spiro atoms.